The van der Waals surface area contributed by atoms with Crippen molar-refractivity contribution in [1.82, 2.24) is 37.5 Å². The smallest absolute Gasteiger partial charge is 0.431 e. The summed E-state index contributed by atoms with van der Waals surface area (Å²) in [5.74, 6) is -6.38. The van der Waals surface area contributed by atoms with E-state index in [9.17, 15) is 67.1 Å². The molecule has 30 nitrogen and oxygen atoms in total. The lowest BCUT2D eigenvalue weighted by Crippen LogP contribution is -2.35. The number of esters is 2. The fraction of sp³-hybridized carbons (Fsp3) is 0.387. The number of hydrogen-bond donors (Lipinski definition) is 9. The molecule has 0 bridgehead atoms. The summed E-state index contributed by atoms with van der Waals surface area (Å²) in [6.07, 6.45) is -1.06. The van der Waals surface area contributed by atoms with E-state index >= 15 is 0 Å². The Labute approximate surface area is 526 Å². The fourth-order valence-electron chi connectivity index (χ4n) is 9.03. The fourth-order valence-corrected chi connectivity index (χ4v) is 9.03. The molecule has 30 heteroatoms. The number of ether oxygens (including phenoxy) is 5. The van der Waals surface area contributed by atoms with Crippen molar-refractivity contribution in [3.05, 3.63) is 119 Å². The zero-order valence-corrected chi connectivity index (χ0v) is 50.0. The van der Waals surface area contributed by atoms with Gasteiger partial charge in [0.2, 0.25) is 29.5 Å². The van der Waals surface area contributed by atoms with Gasteiger partial charge in [-0.2, -0.15) is 11.0 Å². The number of hydrogen-bond acceptors (Lipinski definition) is 22. The Hall–Kier alpha value is -10.1. The van der Waals surface area contributed by atoms with Crippen LogP contribution >= 0.6 is 0 Å². The van der Waals surface area contributed by atoms with E-state index in [0.717, 1.165) is 44.5 Å². The third-order valence-corrected chi connectivity index (χ3v) is 13.4. The number of ketones is 4. The average Bonchev–Trinajstić information content (AvgIpc) is 1.63. The minimum Gasteiger partial charge on any atom is -0.480 e. The maximum atomic E-state index is 12.1. The molecule has 1 heterocycles. The Bertz CT molecular complexity index is 3180. The topological polar surface area (TPSA) is 434 Å². The Balaban J connectivity index is 0.000000301. The van der Waals surface area contributed by atoms with Gasteiger partial charge in [0.15, 0.2) is 30.6 Å². The molecule has 10 N–H and O–H groups in total. The van der Waals surface area contributed by atoms with Crippen LogP contribution in [0.3, 0.4) is 0 Å². The highest BCUT2D eigenvalue weighted by Gasteiger charge is 2.31. The van der Waals surface area contributed by atoms with E-state index in [0.29, 0.717) is 12.8 Å². The molecule has 0 spiro atoms. The van der Waals surface area contributed by atoms with Crippen LogP contribution in [0.25, 0.3) is 22.3 Å². The molecule has 2 aliphatic carbocycles. The van der Waals surface area contributed by atoms with Crippen LogP contribution in [0, 0.1) is 0 Å². The van der Waals surface area contributed by atoms with Crippen molar-refractivity contribution >= 4 is 82.8 Å². The monoisotopic (exact) mass is 1280 g/mol. The van der Waals surface area contributed by atoms with Crippen molar-refractivity contribution in [3.63, 3.8) is 0 Å². The number of Topliss-reactive ketones (excluding diaryl/α,β-unsaturated/α-hetero) is 4. The third-order valence-electron chi connectivity index (χ3n) is 13.4. The Morgan fingerprint density at radius 2 is 0.804 bits per heavy atom. The molecule has 1 fully saturated rings. The van der Waals surface area contributed by atoms with Crippen LogP contribution < -0.4 is 43.3 Å². The molecule has 7 rings (SSSR count). The number of fused-ring (bicyclic) bond motifs is 6. The van der Waals surface area contributed by atoms with Crippen LogP contribution in [-0.4, -0.2) is 180 Å². The van der Waals surface area contributed by atoms with Gasteiger partial charge in [-0.15, -0.1) is 0 Å². The first kappa shape index (κ1) is 72.6. The molecule has 1 aliphatic heterocycles. The molecular formula is C62H72N8O22. The predicted octanol–water partition coefficient (Wildman–Crippen LogP) is 1.04. The third kappa shape index (κ3) is 26.5. The number of carbonyl (C=O) groups excluding carboxylic acids is 13. The summed E-state index contributed by atoms with van der Waals surface area (Å²) in [7, 11) is 0. The second-order valence-corrected chi connectivity index (χ2v) is 20.3. The molecule has 3 aliphatic rings. The van der Waals surface area contributed by atoms with Crippen molar-refractivity contribution in [3.8, 4) is 22.3 Å². The van der Waals surface area contributed by atoms with E-state index in [1.165, 1.54) is 0 Å². The van der Waals surface area contributed by atoms with Crippen molar-refractivity contribution in [1.29, 1.82) is 0 Å². The standard InChI is InChI=1S/C31H36N4O11.C27H32N4O7.C4H4O4/c36-20(14-33-27(38)12-11-21(37)15-34-28(39)17-44-19-30(41)42)6-5-13-32-29(40)18-46-35-31(43)45-16-26-24-9-3-1-7-22(24)23-8-2-4-10-25(23)26;28-14-18(32)11-12-25(34)30-15-19(33)6-5-13-29-26(35)17-38-31-27(36)37-16-24-22-9-3-1-7-20(22)21-8-2-4-10-23(21)24;5-3-1-7-2-4(6)8-3/h1-4,7-10,26H,5-6,11-19H2,(H,32,40)(H,33,38)(H,34,39)(H,35,43)(H,41,42);1-4,7-10,24H,5-6,11-17,28H2,(H,29,35)(H,30,34)(H,31,36);1-2H2. The van der Waals surface area contributed by atoms with Gasteiger partial charge in [-0.3, -0.25) is 52.8 Å². The maximum absolute atomic E-state index is 12.1. The number of nitrogens with one attached hydrogen (secondary N) is 7. The normalized spacial score (nSPS) is 12.4. The van der Waals surface area contributed by atoms with Gasteiger partial charge in [-0.1, -0.05) is 97.1 Å². The molecule has 0 aromatic heterocycles. The zero-order chi connectivity index (χ0) is 66.6. The highest BCUT2D eigenvalue weighted by Crippen LogP contribution is 2.45. The van der Waals surface area contributed by atoms with Gasteiger partial charge < -0.3 is 61.1 Å². The largest absolute Gasteiger partial charge is 0.480 e. The predicted molar refractivity (Wildman–Crippen MR) is 320 cm³/mol. The number of benzene rings is 4. The first-order valence-corrected chi connectivity index (χ1v) is 29.0. The molecule has 7 amide bonds. The number of carboxylic acid groups (broad SMARTS) is 1. The first-order chi connectivity index (χ1) is 44.3. The van der Waals surface area contributed by atoms with E-state index in [-0.39, 0.29) is 133 Å². The number of cyclic esters (lactones) is 2. The Morgan fingerprint density at radius 3 is 1.17 bits per heavy atom. The van der Waals surface area contributed by atoms with Crippen LogP contribution in [0.2, 0.25) is 0 Å². The van der Waals surface area contributed by atoms with E-state index in [2.05, 4.69) is 51.8 Å². The summed E-state index contributed by atoms with van der Waals surface area (Å²) < 4.78 is 23.8. The minimum atomic E-state index is -1.23. The number of carbonyl (C=O) groups is 14. The summed E-state index contributed by atoms with van der Waals surface area (Å²) in [4.78, 5) is 170. The van der Waals surface area contributed by atoms with Crippen LogP contribution in [0.4, 0.5) is 9.59 Å². The molecular weight excluding hydrogens is 1210 g/mol. The molecule has 4 aromatic carbocycles. The lowest BCUT2D eigenvalue weighted by Gasteiger charge is -2.14. The molecule has 0 unspecified atom stereocenters. The summed E-state index contributed by atoms with van der Waals surface area (Å²) in [6.45, 7) is -2.50. The Kier molecular flexibility index (Phi) is 31.4. The summed E-state index contributed by atoms with van der Waals surface area (Å²) in [5.41, 5.74) is 18.1. The summed E-state index contributed by atoms with van der Waals surface area (Å²) >= 11 is 0. The van der Waals surface area contributed by atoms with Crippen molar-refractivity contribution in [2.24, 2.45) is 5.73 Å². The number of carboxylic acids is 1. The number of hydroxylamine groups is 2. The second kappa shape index (κ2) is 39.8. The summed E-state index contributed by atoms with van der Waals surface area (Å²) in [5, 5.41) is 20.6. The van der Waals surface area contributed by atoms with Crippen molar-refractivity contribution in [2.75, 3.05) is 92.1 Å². The van der Waals surface area contributed by atoms with E-state index in [1.54, 1.807) is 0 Å². The lowest BCUT2D eigenvalue weighted by molar-refractivity contribution is -0.174. The van der Waals surface area contributed by atoms with Crippen molar-refractivity contribution in [2.45, 2.75) is 63.2 Å². The van der Waals surface area contributed by atoms with Gasteiger partial charge in [0.25, 0.3) is 0 Å². The number of amides is 7. The van der Waals surface area contributed by atoms with E-state index in [4.69, 9.17) is 30.0 Å². The lowest BCUT2D eigenvalue weighted by atomic mass is 9.98. The molecule has 92 heavy (non-hydrogen) atoms. The molecule has 1 saturated heterocycles. The van der Waals surface area contributed by atoms with Crippen LogP contribution in [0.5, 0.6) is 0 Å². The molecule has 4 aromatic rings. The van der Waals surface area contributed by atoms with Gasteiger partial charge in [-0.05, 0) is 57.3 Å². The number of nitrogens with two attached hydrogens (primary N) is 1. The van der Waals surface area contributed by atoms with Crippen LogP contribution in [0.15, 0.2) is 97.1 Å². The van der Waals surface area contributed by atoms with Gasteiger partial charge in [0, 0.05) is 63.5 Å². The zero-order valence-electron chi connectivity index (χ0n) is 50.0. The van der Waals surface area contributed by atoms with Gasteiger partial charge in [-0.25, -0.2) is 24.0 Å². The van der Waals surface area contributed by atoms with E-state index < -0.39 is 91.8 Å². The highest BCUT2D eigenvalue weighted by molar-refractivity contribution is 5.92. The quantitative estimate of drug-likeness (QED) is 0.0102. The second-order valence-electron chi connectivity index (χ2n) is 20.3. The SMILES string of the molecule is NCC(=O)CCC(=O)NCC(=O)CCCNC(=O)CONC(=O)OCC1c2ccccc2-c2ccccc21.O=C(O)COCC(=O)NCC(=O)CCC(=O)NCC(=O)CCCNC(=O)CONC(=O)OCC1c2ccccc2-c2ccccc21.O=C1COCC(=O)O1. The molecule has 492 valence electrons. The molecule has 0 saturated carbocycles. The van der Waals surface area contributed by atoms with Gasteiger partial charge in [0.05, 0.1) is 26.2 Å². The average molecular weight is 1280 g/mol. The summed E-state index contributed by atoms with van der Waals surface area (Å²) in [6, 6.07) is 31.8. The first-order valence-electron chi connectivity index (χ1n) is 29.0. The highest BCUT2D eigenvalue weighted by atomic mass is 16.7. The van der Waals surface area contributed by atoms with Crippen molar-refractivity contribution < 1.29 is 106 Å². The van der Waals surface area contributed by atoms with Gasteiger partial charge >= 0.3 is 30.1 Å². The molecule has 0 atom stereocenters. The van der Waals surface area contributed by atoms with Crippen LogP contribution in [0.1, 0.15) is 85.5 Å². The minimum absolute atomic E-state index is 0.0105. The Morgan fingerprint density at radius 1 is 0.446 bits per heavy atom. The van der Waals surface area contributed by atoms with E-state index in [1.807, 2.05) is 97.1 Å². The van der Waals surface area contributed by atoms with Crippen LogP contribution in [-0.2, 0) is 90.9 Å². The number of rotatable bonds is 35. The molecule has 0 radical (unpaired) electrons. The maximum Gasteiger partial charge on any atom is 0.431 e. The number of aliphatic carboxylic acids is 1. The van der Waals surface area contributed by atoms with Gasteiger partial charge in [0.1, 0.15) is 45.4 Å².